The molecule has 0 bridgehead atoms. The van der Waals surface area contributed by atoms with Gasteiger partial charge in [0.15, 0.2) is 0 Å². The van der Waals surface area contributed by atoms with Gasteiger partial charge in [-0.25, -0.2) is 8.78 Å². The molecule has 1 aliphatic carbocycles. The Morgan fingerprint density at radius 1 is 1.00 bits per heavy atom. The van der Waals surface area contributed by atoms with Gasteiger partial charge in [0.1, 0.15) is 17.7 Å². The molecule has 0 aliphatic heterocycles. The van der Waals surface area contributed by atoms with E-state index in [4.69, 9.17) is 0 Å². The molecule has 2 aromatic carbocycles. The van der Waals surface area contributed by atoms with E-state index in [9.17, 15) is 18.4 Å². The molecule has 0 radical (unpaired) electrons. The minimum Gasteiger partial charge on any atom is -0.351 e. The summed E-state index contributed by atoms with van der Waals surface area (Å²) in [5.74, 6) is -1.86. The van der Waals surface area contributed by atoms with Crippen molar-refractivity contribution in [3.05, 3.63) is 88.1 Å². The SMILES string of the molecule is O=C(NC1CCCC1)[C@@H](c1ccc(F)cc1)N(C(=O)Cc1cccs1)c1ccccc1F. The smallest absolute Gasteiger partial charge is 0.248 e. The Morgan fingerprint density at radius 2 is 1.72 bits per heavy atom. The lowest BCUT2D eigenvalue weighted by Gasteiger charge is -2.32. The van der Waals surface area contributed by atoms with E-state index in [1.807, 2.05) is 17.5 Å². The van der Waals surface area contributed by atoms with E-state index in [0.717, 1.165) is 30.6 Å². The van der Waals surface area contributed by atoms with Gasteiger partial charge in [0.05, 0.1) is 12.1 Å². The highest BCUT2D eigenvalue weighted by Crippen LogP contribution is 2.32. The number of carbonyl (C=O) groups is 2. The Balaban J connectivity index is 1.77. The third kappa shape index (κ3) is 5.05. The molecular formula is C25H24F2N2O2S. The Labute approximate surface area is 189 Å². The predicted octanol–water partition coefficient (Wildman–Crippen LogP) is 5.40. The number of anilines is 1. The van der Waals surface area contributed by atoms with Crippen molar-refractivity contribution in [1.82, 2.24) is 5.32 Å². The van der Waals surface area contributed by atoms with Crippen LogP contribution < -0.4 is 10.2 Å². The van der Waals surface area contributed by atoms with E-state index in [2.05, 4.69) is 5.32 Å². The highest BCUT2D eigenvalue weighted by molar-refractivity contribution is 7.10. The van der Waals surface area contributed by atoms with Crippen LogP contribution in [0.5, 0.6) is 0 Å². The summed E-state index contributed by atoms with van der Waals surface area (Å²) < 4.78 is 28.5. The van der Waals surface area contributed by atoms with E-state index >= 15 is 0 Å². The van der Waals surface area contributed by atoms with Gasteiger partial charge in [0.25, 0.3) is 0 Å². The first-order valence-electron chi connectivity index (χ1n) is 10.7. The minimum absolute atomic E-state index is 0.0142. The van der Waals surface area contributed by atoms with Gasteiger partial charge in [-0.05, 0) is 54.1 Å². The molecular weight excluding hydrogens is 430 g/mol. The molecule has 7 heteroatoms. The highest BCUT2D eigenvalue weighted by Gasteiger charge is 2.35. The Bertz CT molecular complexity index is 1060. The lowest BCUT2D eigenvalue weighted by molar-refractivity contribution is -0.127. The first kappa shape index (κ1) is 22.1. The maximum atomic E-state index is 14.9. The van der Waals surface area contributed by atoms with E-state index in [0.29, 0.717) is 5.56 Å². The molecule has 32 heavy (non-hydrogen) atoms. The van der Waals surface area contributed by atoms with E-state index in [-0.39, 0.29) is 18.2 Å². The molecule has 0 spiro atoms. The van der Waals surface area contributed by atoms with Crippen LogP contribution in [-0.4, -0.2) is 17.9 Å². The van der Waals surface area contributed by atoms with Gasteiger partial charge in [0.2, 0.25) is 11.8 Å². The number of halogens is 2. The molecule has 1 atom stereocenters. The average molecular weight is 455 g/mol. The topological polar surface area (TPSA) is 49.4 Å². The van der Waals surface area contributed by atoms with E-state index in [1.54, 1.807) is 6.07 Å². The summed E-state index contributed by atoms with van der Waals surface area (Å²) in [6.45, 7) is 0. The number of amides is 2. The second-order valence-electron chi connectivity index (χ2n) is 7.92. The van der Waals surface area contributed by atoms with Crippen molar-refractivity contribution in [2.45, 2.75) is 44.2 Å². The van der Waals surface area contributed by atoms with Crippen LogP contribution in [0.4, 0.5) is 14.5 Å². The summed E-state index contributed by atoms with van der Waals surface area (Å²) in [7, 11) is 0. The van der Waals surface area contributed by atoms with Gasteiger partial charge in [-0.2, -0.15) is 0 Å². The third-order valence-corrected chi connectivity index (χ3v) is 6.56. The molecule has 0 unspecified atom stereocenters. The number of thiophene rings is 1. The Kier molecular flexibility index (Phi) is 6.95. The number of rotatable bonds is 7. The largest absolute Gasteiger partial charge is 0.351 e. The fourth-order valence-electron chi connectivity index (χ4n) is 4.12. The minimum atomic E-state index is -1.12. The van der Waals surface area contributed by atoms with Gasteiger partial charge in [-0.15, -0.1) is 11.3 Å². The quantitative estimate of drug-likeness (QED) is 0.520. The van der Waals surface area contributed by atoms with Crippen molar-refractivity contribution in [2.75, 3.05) is 4.90 Å². The molecule has 1 heterocycles. The van der Waals surface area contributed by atoms with Crippen LogP contribution in [0.3, 0.4) is 0 Å². The van der Waals surface area contributed by atoms with Crippen LogP contribution in [0.1, 0.15) is 42.2 Å². The number of hydrogen-bond donors (Lipinski definition) is 1. The third-order valence-electron chi connectivity index (χ3n) is 5.68. The number of hydrogen-bond acceptors (Lipinski definition) is 3. The number of nitrogens with zero attached hydrogens (tertiary/aromatic N) is 1. The van der Waals surface area contributed by atoms with E-state index < -0.39 is 29.5 Å². The standard InChI is InChI=1S/C25H24F2N2O2S/c26-18-13-11-17(12-14-18)24(25(31)28-19-6-1-2-7-19)29(22-10-4-3-9-21(22)27)23(30)16-20-8-5-15-32-20/h3-5,8-15,19,24H,1-2,6-7,16H2,(H,28,31)/t24-/m1/s1. The van der Waals surface area contributed by atoms with E-state index in [1.165, 1.54) is 58.7 Å². The van der Waals surface area contributed by atoms with Gasteiger partial charge in [-0.3, -0.25) is 14.5 Å². The van der Waals surface area contributed by atoms with Crippen molar-refractivity contribution < 1.29 is 18.4 Å². The molecule has 2 amide bonds. The van der Waals surface area contributed by atoms with Crippen LogP contribution in [0, 0.1) is 11.6 Å². The molecule has 3 aromatic rings. The van der Waals surface area contributed by atoms with Gasteiger partial charge in [0, 0.05) is 10.9 Å². The molecule has 4 nitrogen and oxygen atoms in total. The summed E-state index contributed by atoms with van der Waals surface area (Å²) in [4.78, 5) is 29.0. The maximum Gasteiger partial charge on any atom is 0.248 e. The monoisotopic (exact) mass is 454 g/mol. The second-order valence-corrected chi connectivity index (χ2v) is 8.95. The Morgan fingerprint density at radius 3 is 2.38 bits per heavy atom. The van der Waals surface area contributed by atoms with Gasteiger partial charge < -0.3 is 5.32 Å². The number of nitrogens with one attached hydrogen (secondary N) is 1. The predicted molar refractivity (Wildman–Crippen MR) is 121 cm³/mol. The fraction of sp³-hybridized carbons (Fsp3) is 0.280. The van der Waals surface area contributed by atoms with Crippen molar-refractivity contribution in [2.24, 2.45) is 0 Å². The van der Waals surface area contributed by atoms with Gasteiger partial charge >= 0.3 is 0 Å². The van der Waals surface area contributed by atoms with Crippen molar-refractivity contribution >= 4 is 28.8 Å². The summed E-state index contributed by atoms with van der Waals surface area (Å²) in [6, 6.07) is 13.9. The normalized spacial score (nSPS) is 14.8. The van der Waals surface area contributed by atoms with Crippen molar-refractivity contribution in [1.29, 1.82) is 0 Å². The molecule has 4 rings (SSSR count). The lowest BCUT2D eigenvalue weighted by Crippen LogP contribution is -2.47. The summed E-state index contributed by atoms with van der Waals surface area (Å²) in [5, 5.41) is 4.89. The summed E-state index contributed by atoms with van der Waals surface area (Å²) >= 11 is 1.42. The molecule has 1 aliphatic rings. The fourth-order valence-corrected chi connectivity index (χ4v) is 4.82. The van der Waals surface area contributed by atoms with Crippen LogP contribution in [0.15, 0.2) is 66.0 Å². The van der Waals surface area contributed by atoms with Crippen molar-refractivity contribution in [3.63, 3.8) is 0 Å². The van der Waals surface area contributed by atoms with Crippen LogP contribution in [0.2, 0.25) is 0 Å². The first-order valence-corrected chi connectivity index (χ1v) is 11.6. The zero-order chi connectivity index (χ0) is 22.5. The summed E-state index contributed by atoms with van der Waals surface area (Å²) in [5.41, 5.74) is 0.439. The number of benzene rings is 2. The molecule has 1 N–H and O–H groups in total. The molecule has 1 aromatic heterocycles. The lowest BCUT2D eigenvalue weighted by atomic mass is 10.0. The molecule has 0 saturated heterocycles. The first-order chi connectivity index (χ1) is 15.5. The zero-order valence-corrected chi connectivity index (χ0v) is 18.3. The van der Waals surface area contributed by atoms with Crippen LogP contribution >= 0.6 is 11.3 Å². The zero-order valence-electron chi connectivity index (χ0n) is 17.5. The summed E-state index contributed by atoms with van der Waals surface area (Å²) in [6.07, 6.45) is 3.82. The second kappa shape index (κ2) is 10.0. The molecule has 1 saturated carbocycles. The maximum absolute atomic E-state index is 14.9. The Hall–Kier alpha value is -3.06. The van der Waals surface area contributed by atoms with Gasteiger partial charge in [-0.1, -0.05) is 43.2 Å². The van der Waals surface area contributed by atoms with Crippen molar-refractivity contribution in [3.8, 4) is 0 Å². The number of para-hydroxylation sites is 1. The number of carbonyl (C=O) groups excluding carboxylic acids is 2. The molecule has 166 valence electrons. The molecule has 1 fully saturated rings. The highest BCUT2D eigenvalue weighted by atomic mass is 32.1. The van der Waals surface area contributed by atoms with Crippen LogP contribution in [0.25, 0.3) is 0 Å². The van der Waals surface area contributed by atoms with Crippen LogP contribution in [-0.2, 0) is 16.0 Å². The average Bonchev–Trinajstić information content (AvgIpc) is 3.48.